The molecule has 0 aromatic rings. The molecule has 1 aliphatic rings. The summed E-state index contributed by atoms with van der Waals surface area (Å²) in [6.45, 7) is 7.38. The van der Waals surface area contributed by atoms with Crippen LogP contribution in [-0.2, 0) is 9.59 Å². The average molecular weight is 291 g/mol. The lowest BCUT2D eigenvalue weighted by molar-refractivity contribution is -0.135. The molecule has 1 unspecified atom stereocenters. The van der Waals surface area contributed by atoms with E-state index < -0.39 is 0 Å². The number of likely N-dealkylation sites (tertiary alicyclic amines) is 1. The van der Waals surface area contributed by atoms with Crippen LogP contribution in [0.5, 0.6) is 0 Å². The van der Waals surface area contributed by atoms with Crippen molar-refractivity contribution in [1.82, 2.24) is 4.90 Å². The molecule has 21 heavy (non-hydrogen) atoms. The van der Waals surface area contributed by atoms with E-state index in [0.717, 1.165) is 25.9 Å². The molecule has 1 rings (SSSR count). The second-order valence-corrected chi connectivity index (χ2v) is 6.22. The van der Waals surface area contributed by atoms with Gasteiger partial charge in [0.05, 0.1) is 6.42 Å². The predicted molar refractivity (Wildman–Crippen MR) is 85.7 cm³/mol. The number of unbranched alkanes of at least 4 members (excludes halogenated alkanes) is 2. The fourth-order valence-electron chi connectivity index (χ4n) is 2.63. The molecule has 1 aliphatic heterocycles. The highest BCUT2D eigenvalue weighted by molar-refractivity contribution is 5.96. The Morgan fingerprint density at radius 2 is 1.90 bits per heavy atom. The van der Waals surface area contributed by atoms with Crippen LogP contribution in [0.3, 0.4) is 0 Å². The van der Waals surface area contributed by atoms with Gasteiger partial charge >= 0.3 is 0 Å². The second kappa shape index (κ2) is 9.60. The maximum absolute atomic E-state index is 11.8. The van der Waals surface area contributed by atoms with Crippen molar-refractivity contribution in [3.8, 4) is 11.8 Å². The van der Waals surface area contributed by atoms with Crippen LogP contribution in [0.2, 0.25) is 0 Å². The number of hydrogen-bond acceptors (Lipinski definition) is 2. The van der Waals surface area contributed by atoms with E-state index in [1.54, 1.807) is 0 Å². The Kier molecular flexibility index (Phi) is 8.12. The van der Waals surface area contributed by atoms with Gasteiger partial charge in [0.2, 0.25) is 5.91 Å². The fraction of sp³-hybridized carbons (Fsp3) is 0.778. The molecule has 0 N–H and O–H groups in total. The number of nitrogens with zero attached hydrogens (tertiary/aromatic N) is 1. The van der Waals surface area contributed by atoms with Gasteiger partial charge in [0.25, 0.3) is 0 Å². The molecule has 0 saturated carbocycles. The molecule has 1 amide bonds. The normalized spacial score (nSPS) is 17.0. The van der Waals surface area contributed by atoms with E-state index in [0.29, 0.717) is 11.8 Å². The Labute approximate surface area is 129 Å². The van der Waals surface area contributed by atoms with Gasteiger partial charge < -0.3 is 4.90 Å². The van der Waals surface area contributed by atoms with Crippen molar-refractivity contribution in [2.24, 2.45) is 11.8 Å². The number of amides is 1. The molecule has 0 spiro atoms. The van der Waals surface area contributed by atoms with E-state index in [-0.39, 0.29) is 18.1 Å². The van der Waals surface area contributed by atoms with Crippen LogP contribution in [0.1, 0.15) is 65.7 Å². The highest BCUT2D eigenvalue weighted by atomic mass is 16.2. The Morgan fingerprint density at radius 3 is 2.48 bits per heavy atom. The van der Waals surface area contributed by atoms with Gasteiger partial charge in [-0.05, 0) is 26.2 Å². The van der Waals surface area contributed by atoms with Crippen molar-refractivity contribution < 1.29 is 9.59 Å². The van der Waals surface area contributed by atoms with Crippen molar-refractivity contribution in [3.63, 3.8) is 0 Å². The highest BCUT2D eigenvalue weighted by Crippen LogP contribution is 2.18. The summed E-state index contributed by atoms with van der Waals surface area (Å²) in [4.78, 5) is 24.6. The Morgan fingerprint density at radius 1 is 1.24 bits per heavy atom. The third-order valence-electron chi connectivity index (χ3n) is 4.02. The van der Waals surface area contributed by atoms with Crippen LogP contribution in [0.15, 0.2) is 0 Å². The molecular weight excluding hydrogens is 262 g/mol. The summed E-state index contributed by atoms with van der Waals surface area (Å²) in [5, 5.41) is 0. The zero-order chi connectivity index (χ0) is 15.7. The molecular formula is C18H29NO2. The first-order valence-corrected chi connectivity index (χ1v) is 8.31. The van der Waals surface area contributed by atoms with Gasteiger partial charge in [-0.15, -0.1) is 0 Å². The minimum Gasteiger partial charge on any atom is -0.342 e. The standard InChI is InChI=1S/C18H29NO2/c1-4-5-6-7-15(2)8-9-17-10-12-19(13-11-17)18(21)14-16(3)20/h15,17H,4-7,10-14H2,1-3H3. The third kappa shape index (κ3) is 7.32. The van der Waals surface area contributed by atoms with Crippen LogP contribution in [-0.4, -0.2) is 29.7 Å². The molecule has 1 heterocycles. The maximum Gasteiger partial charge on any atom is 0.230 e. The first-order valence-electron chi connectivity index (χ1n) is 8.31. The van der Waals surface area contributed by atoms with E-state index in [9.17, 15) is 9.59 Å². The lowest BCUT2D eigenvalue weighted by Gasteiger charge is -2.29. The predicted octanol–water partition coefficient (Wildman–Crippen LogP) is 3.42. The SMILES string of the molecule is CCCCCC(C)C#CC1CCN(C(=O)CC(C)=O)CC1. The summed E-state index contributed by atoms with van der Waals surface area (Å²) >= 11 is 0. The minimum atomic E-state index is -0.0529. The zero-order valence-corrected chi connectivity index (χ0v) is 13.8. The van der Waals surface area contributed by atoms with Crippen molar-refractivity contribution in [2.45, 2.75) is 65.7 Å². The van der Waals surface area contributed by atoms with Crippen LogP contribution in [0.25, 0.3) is 0 Å². The smallest absolute Gasteiger partial charge is 0.230 e. The van der Waals surface area contributed by atoms with Gasteiger partial charge in [-0.25, -0.2) is 0 Å². The third-order valence-corrected chi connectivity index (χ3v) is 4.02. The summed E-state index contributed by atoms with van der Waals surface area (Å²) in [6.07, 6.45) is 6.94. The number of carbonyl (C=O) groups excluding carboxylic acids is 2. The van der Waals surface area contributed by atoms with E-state index in [2.05, 4.69) is 25.7 Å². The van der Waals surface area contributed by atoms with Crippen LogP contribution >= 0.6 is 0 Å². The molecule has 1 atom stereocenters. The van der Waals surface area contributed by atoms with Crippen molar-refractivity contribution in [1.29, 1.82) is 0 Å². The van der Waals surface area contributed by atoms with Crippen LogP contribution < -0.4 is 0 Å². The van der Waals surface area contributed by atoms with Crippen LogP contribution in [0, 0.1) is 23.7 Å². The molecule has 3 heteroatoms. The van der Waals surface area contributed by atoms with Crippen LogP contribution in [0.4, 0.5) is 0 Å². The number of piperidine rings is 1. The van der Waals surface area contributed by atoms with Crippen molar-refractivity contribution >= 4 is 11.7 Å². The summed E-state index contributed by atoms with van der Waals surface area (Å²) < 4.78 is 0. The molecule has 0 aliphatic carbocycles. The number of carbonyl (C=O) groups is 2. The number of Topliss-reactive ketones (excluding diaryl/α,β-unsaturated/α-hetero) is 1. The summed E-state index contributed by atoms with van der Waals surface area (Å²) in [6, 6.07) is 0. The van der Waals surface area contributed by atoms with E-state index in [4.69, 9.17) is 0 Å². The fourth-order valence-corrected chi connectivity index (χ4v) is 2.63. The molecule has 118 valence electrons. The molecule has 0 aromatic heterocycles. The van der Waals surface area contributed by atoms with Gasteiger partial charge in [-0.3, -0.25) is 9.59 Å². The summed E-state index contributed by atoms with van der Waals surface area (Å²) in [5.41, 5.74) is 0. The van der Waals surface area contributed by atoms with E-state index in [1.165, 1.54) is 32.6 Å². The largest absolute Gasteiger partial charge is 0.342 e. The quantitative estimate of drug-likeness (QED) is 0.427. The van der Waals surface area contributed by atoms with Gasteiger partial charge in [0.1, 0.15) is 5.78 Å². The zero-order valence-electron chi connectivity index (χ0n) is 13.8. The highest BCUT2D eigenvalue weighted by Gasteiger charge is 2.22. The number of rotatable bonds is 6. The van der Waals surface area contributed by atoms with Gasteiger partial charge in [-0.1, -0.05) is 45.0 Å². The first-order chi connectivity index (χ1) is 10.0. The number of hydrogen-bond donors (Lipinski definition) is 0. The molecule has 0 bridgehead atoms. The monoisotopic (exact) mass is 291 g/mol. The first kappa shape index (κ1) is 17.8. The lowest BCUT2D eigenvalue weighted by atomic mass is 9.95. The van der Waals surface area contributed by atoms with Gasteiger partial charge in [0, 0.05) is 24.9 Å². The average Bonchev–Trinajstić information content (AvgIpc) is 2.45. The second-order valence-electron chi connectivity index (χ2n) is 6.22. The summed E-state index contributed by atoms with van der Waals surface area (Å²) in [7, 11) is 0. The number of ketones is 1. The van der Waals surface area contributed by atoms with Crippen molar-refractivity contribution in [3.05, 3.63) is 0 Å². The molecule has 1 fully saturated rings. The van der Waals surface area contributed by atoms with Crippen molar-refractivity contribution in [2.75, 3.05) is 13.1 Å². The Bertz CT molecular complexity index is 397. The lowest BCUT2D eigenvalue weighted by Crippen LogP contribution is -2.38. The Balaban J connectivity index is 2.30. The topological polar surface area (TPSA) is 37.4 Å². The van der Waals surface area contributed by atoms with E-state index >= 15 is 0 Å². The van der Waals surface area contributed by atoms with Gasteiger partial charge in [0.15, 0.2) is 0 Å². The summed E-state index contributed by atoms with van der Waals surface area (Å²) in [5.74, 6) is 7.59. The molecule has 3 nitrogen and oxygen atoms in total. The van der Waals surface area contributed by atoms with Gasteiger partial charge in [-0.2, -0.15) is 0 Å². The Hall–Kier alpha value is -1.30. The van der Waals surface area contributed by atoms with E-state index in [1.807, 2.05) is 4.90 Å². The molecule has 0 radical (unpaired) electrons. The molecule has 1 saturated heterocycles. The molecule has 0 aromatic carbocycles. The maximum atomic E-state index is 11.8. The minimum absolute atomic E-state index is 0.0261.